The summed E-state index contributed by atoms with van der Waals surface area (Å²) >= 11 is 5.83. The first kappa shape index (κ1) is 15.2. The Balaban J connectivity index is 2.51. The monoisotopic (exact) mass is 295 g/mol. The molecule has 3 nitrogen and oxygen atoms in total. The van der Waals surface area contributed by atoms with Crippen molar-refractivity contribution in [3.05, 3.63) is 29.3 Å². The lowest BCUT2D eigenvalue weighted by molar-refractivity contribution is 0.151. The van der Waals surface area contributed by atoms with Crippen molar-refractivity contribution in [1.82, 2.24) is 0 Å². The minimum atomic E-state index is -0.286. The Kier molecular flexibility index (Phi) is 4.59. The summed E-state index contributed by atoms with van der Waals surface area (Å²) in [4.78, 5) is 13.9. The van der Waals surface area contributed by atoms with Crippen molar-refractivity contribution >= 4 is 23.4 Å². The van der Waals surface area contributed by atoms with Crippen LogP contribution in [0.2, 0.25) is 0 Å². The lowest BCUT2D eigenvalue weighted by Gasteiger charge is -2.25. The van der Waals surface area contributed by atoms with E-state index in [9.17, 15) is 4.79 Å². The average molecular weight is 296 g/mol. The summed E-state index contributed by atoms with van der Waals surface area (Å²) in [7, 11) is 0. The number of carbonyl (C=O) groups excluding carboxylic acids is 1. The second kappa shape index (κ2) is 6.04. The zero-order valence-corrected chi connectivity index (χ0v) is 13.3. The number of para-hydroxylation sites is 1. The highest BCUT2D eigenvalue weighted by Crippen LogP contribution is 2.37. The van der Waals surface area contributed by atoms with E-state index in [4.69, 9.17) is 16.3 Å². The summed E-state index contributed by atoms with van der Waals surface area (Å²) in [5, 5.41) is 0. The number of amides is 1. The second-order valence-corrected chi connectivity index (χ2v) is 6.17. The molecule has 1 aromatic carbocycles. The van der Waals surface area contributed by atoms with E-state index < -0.39 is 0 Å². The van der Waals surface area contributed by atoms with Crippen LogP contribution < -0.4 is 4.90 Å². The standard InChI is InChI=1S/C16H22ClNO2/c1-10(2)13-6-5-7-14(11(3)4)15(13)18-9-12(8-17)20-16(18)19/h5-7,10-12H,8-9H2,1-4H3. The van der Waals surface area contributed by atoms with Crippen LogP contribution in [-0.4, -0.2) is 24.6 Å². The van der Waals surface area contributed by atoms with Gasteiger partial charge in [-0.1, -0.05) is 45.9 Å². The fraction of sp³-hybridized carbons (Fsp3) is 0.562. The first-order valence-corrected chi connectivity index (χ1v) is 7.66. The summed E-state index contributed by atoms with van der Waals surface area (Å²) in [6, 6.07) is 6.25. The Labute approximate surface area is 125 Å². The Hall–Kier alpha value is -1.22. The lowest BCUT2D eigenvalue weighted by atomic mass is 9.92. The summed E-state index contributed by atoms with van der Waals surface area (Å²) in [6.45, 7) is 9.10. The maximum Gasteiger partial charge on any atom is 0.414 e. The SMILES string of the molecule is CC(C)c1cccc(C(C)C)c1N1CC(CCl)OC1=O. The molecule has 1 aromatic rings. The van der Waals surface area contributed by atoms with Gasteiger partial charge in [0.15, 0.2) is 0 Å². The first-order chi connectivity index (χ1) is 9.45. The highest BCUT2D eigenvalue weighted by Gasteiger charge is 2.34. The van der Waals surface area contributed by atoms with Crippen LogP contribution in [0.5, 0.6) is 0 Å². The van der Waals surface area contributed by atoms with Crippen molar-refractivity contribution in [1.29, 1.82) is 0 Å². The third-order valence-electron chi connectivity index (χ3n) is 3.66. The first-order valence-electron chi connectivity index (χ1n) is 7.12. The molecule has 0 aliphatic carbocycles. The van der Waals surface area contributed by atoms with Crippen LogP contribution >= 0.6 is 11.6 Å². The predicted molar refractivity (Wildman–Crippen MR) is 83.0 cm³/mol. The molecule has 0 spiro atoms. The second-order valence-electron chi connectivity index (χ2n) is 5.87. The van der Waals surface area contributed by atoms with E-state index in [1.165, 1.54) is 11.1 Å². The zero-order chi connectivity index (χ0) is 14.9. The fourth-order valence-corrected chi connectivity index (χ4v) is 2.77. The van der Waals surface area contributed by atoms with Crippen molar-refractivity contribution in [3.8, 4) is 0 Å². The quantitative estimate of drug-likeness (QED) is 0.766. The number of anilines is 1. The molecule has 0 aromatic heterocycles. The topological polar surface area (TPSA) is 29.5 Å². The fourth-order valence-electron chi connectivity index (χ4n) is 2.61. The lowest BCUT2D eigenvalue weighted by Crippen LogP contribution is -2.27. The summed E-state index contributed by atoms with van der Waals surface area (Å²) in [6.07, 6.45) is -0.505. The minimum Gasteiger partial charge on any atom is -0.443 e. The number of hydrogen-bond acceptors (Lipinski definition) is 2. The van der Waals surface area contributed by atoms with Crippen LogP contribution in [0.1, 0.15) is 50.7 Å². The van der Waals surface area contributed by atoms with Crippen LogP contribution in [0.3, 0.4) is 0 Å². The van der Waals surface area contributed by atoms with Gasteiger partial charge in [-0.2, -0.15) is 0 Å². The van der Waals surface area contributed by atoms with Gasteiger partial charge in [-0.05, 0) is 23.0 Å². The number of ether oxygens (including phenoxy) is 1. The smallest absolute Gasteiger partial charge is 0.414 e. The van der Waals surface area contributed by atoms with Crippen LogP contribution in [0.4, 0.5) is 10.5 Å². The number of carbonyl (C=O) groups is 1. The van der Waals surface area contributed by atoms with Crippen molar-refractivity contribution in [2.24, 2.45) is 0 Å². The average Bonchev–Trinajstić information content (AvgIpc) is 2.78. The third kappa shape index (κ3) is 2.78. The molecule has 1 atom stereocenters. The van der Waals surface area contributed by atoms with E-state index >= 15 is 0 Å². The van der Waals surface area contributed by atoms with E-state index in [1.54, 1.807) is 4.90 Å². The number of alkyl halides is 1. The van der Waals surface area contributed by atoms with Crippen molar-refractivity contribution in [3.63, 3.8) is 0 Å². The van der Waals surface area contributed by atoms with Crippen LogP contribution in [0, 0.1) is 0 Å². The molecule has 0 radical (unpaired) electrons. The molecule has 1 aliphatic rings. The number of cyclic esters (lactones) is 1. The minimum absolute atomic E-state index is 0.218. The highest BCUT2D eigenvalue weighted by molar-refractivity contribution is 6.18. The number of nitrogens with zero attached hydrogens (tertiary/aromatic N) is 1. The molecular formula is C16H22ClNO2. The Bertz CT molecular complexity index is 473. The Morgan fingerprint density at radius 2 is 1.80 bits per heavy atom. The normalized spacial score (nSPS) is 19.1. The number of rotatable bonds is 4. The Morgan fingerprint density at radius 3 is 2.20 bits per heavy atom. The van der Waals surface area contributed by atoms with Gasteiger partial charge in [0.1, 0.15) is 6.10 Å². The molecule has 1 fully saturated rings. The Morgan fingerprint density at radius 1 is 1.25 bits per heavy atom. The van der Waals surface area contributed by atoms with Gasteiger partial charge in [-0.3, -0.25) is 4.90 Å². The van der Waals surface area contributed by atoms with Gasteiger partial charge in [-0.25, -0.2) is 4.79 Å². The van der Waals surface area contributed by atoms with Crippen molar-refractivity contribution < 1.29 is 9.53 Å². The zero-order valence-electron chi connectivity index (χ0n) is 12.5. The summed E-state index contributed by atoms with van der Waals surface area (Å²) < 4.78 is 5.30. The van der Waals surface area contributed by atoms with Gasteiger partial charge in [0.05, 0.1) is 18.1 Å². The maximum absolute atomic E-state index is 12.1. The molecule has 110 valence electrons. The van der Waals surface area contributed by atoms with Gasteiger partial charge < -0.3 is 4.74 Å². The summed E-state index contributed by atoms with van der Waals surface area (Å²) in [5.41, 5.74) is 3.38. The van der Waals surface area contributed by atoms with Gasteiger partial charge >= 0.3 is 6.09 Å². The van der Waals surface area contributed by atoms with Crippen LogP contribution in [0.15, 0.2) is 18.2 Å². The van der Waals surface area contributed by atoms with Gasteiger partial charge in [0.2, 0.25) is 0 Å². The number of halogens is 1. The molecule has 0 saturated carbocycles. The van der Waals surface area contributed by atoms with E-state index in [1.807, 2.05) is 0 Å². The van der Waals surface area contributed by atoms with Gasteiger partial charge in [-0.15, -0.1) is 11.6 Å². The molecule has 0 bridgehead atoms. The molecule has 20 heavy (non-hydrogen) atoms. The van der Waals surface area contributed by atoms with E-state index in [0.29, 0.717) is 24.3 Å². The molecule has 1 saturated heterocycles. The molecule has 1 heterocycles. The van der Waals surface area contributed by atoms with Crippen LogP contribution in [-0.2, 0) is 4.74 Å². The summed E-state index contributed by atoms with van der Waals surface area (Å²) in [5.74, 6) is 1.04. The molecular weight excluding hydrogens is 274 g/mol. The largest absolute Gasteiger partial charge is 0.443 e. The van der Waals surface area contributed by atoms with Crippen molar-refractivity contribution in [2.45, 2.75) is 45.6 Å². The number of benzene rings is 1. The van der Waals surface area contributed by atoms with Crippen molar-refractivity contribution in [2.75, 3.05) is 17.3 Å². The molecule has 1 aliphatic heterocycles. The van der Waals surface area contributed by atoms with Gasteiger partial charge in [0.25, 0.3) is 0 Å². The maximum atomic E-state index is 12.1. The number of hydrogen-bond donors (Lipinski definition) is 0. The van der Waals surface area contributed by atoms with Gasteiger partial charge in [0, 0.05) is 0 Å². The third-order valence-corrected chi connectivity index (χ3v) is 4.00. The molecule has 1 amide bonds. The molecule has 0 N–H and O–H groups in total. The highest BCUT2D eigenvalue weighted by atomic mass is 35.5. The van der Waals surface area contributed by atoms with Crippen LogP contribution in [0.25, 0.3) is 0 Å². The molecule has 2 rings (SSSR count). The van der Waals surface area contributed by atoms with E-state index in [2.05, 4.69) is 45.9 Å². The van der Waals surface area contributed by atoms with E-state index in [0.717, 1.165) is 5.69 Å². The predicted octanol–water partition coefficient (Wildman–Crippen LogP) is 4.50. The molecule has 1 unspecified atom stereocenters. The molecule has 4 heteroatoms. The van der Waals surface area contributed by atoms with E-state index in [-0.39, 0.29) is 12.2 Å².